The van der Waals surface area contributed by atoms with Crippen LogP contribution in [0.15, 0.2) is 29.3 Å². The molecule has 1 aliphatic rings. The Morgan fingerprint density at radius 3 is 2.50 bits per heavy atom. The number of fused-ring (bicyclic) bond motifs is 1. The number of rotatable bonds is 4. The Labute approximate surface area is 162 Å². The molecule has 8 heteroatoms. The van der Waals surface area contributed by atoms with Crippen LogP contribution in [0.5, 0.6) is 0 Å². The summed E-state index contributed by atoms with van der Waals surface area (Å²) in [5, 5.41) is 7.32. The van der Waals surface area contributed by atoms with Crippen molar-refractivity contribution in [1.29, 1.82) is 0 Å². The molecule has 3 aromatic rings. The summed E-state index contributed by atoms with van der Waals surface area (Å²) in [4.78, 5) is 31.8. The first kappa shape index (κ1) is 18.2. The summed E-state index contributed by atoms with van der Waals surface area (Å²) in [7, 11) is 0. The van der Waals surface area contributed by atoms with Crippen LogP contribution < -0.4 is 15.9 Å². The zero-order chi connectivity index (χ0) is 19.8. The van der Waals surface area contributed by atoms with E-state index in [0.29, 0.717) is 11.5 Å². The number of carbonyl (C=O) groups excluding carboxylic acids is 1. The van der Waals surface area contributed by atoms with Crippen molar-refractivity contribution in [1.82, 2.24) is 19.2 Å². The first-order valence-electron chi connectivity index (χ1n) is 9.51. The molecule has 1 aromatic carbocycles. The van der Waals surface area contributed by atoms with E-state index in [-0.39, 0.29) is 18.1 Å². The van der Waals surface area contributed by atoms with Gasteiger partial charge in [-0.05, 0) is 44.7 Å². The quantitative estimate of drug-likeness (QED) is 0.749. The van der Waals surface area contributed by atoms with Crippen molar-refractivity contribution >= 4 is 23.1 Å². The number of nitrogens with one attached hydrogen (secondary N) is 1. The van der Waals surface area contributed by atoms with Gasteiger partial charge in [-0.3, -0.25) is 4.79 Å². The maximum atomic E-state index is 12.7. The Morgan fingerprint density at radius 1 is 1.14 bits per heavy atom. The average Bonchev–Trinajstić information content (AvgIpc) is 3.27. The van der Waals surface area contributed by atoms with E-state index in [1.807, 2.05) is 32.9 Å². The molecule has 0 atom stereocenters. The number of carbonyl (C=O) groups is 1. The Hall–Kier alpha value is -3.16. The number of amides is 1. The zero-order valence-corrected chi connectivity index (χ0v) is 16.4. The molecule has 1 aliphatic heterocycles. The van der Waals surface area contributed by atoms with Crippen molar-refractivity contribution in [2.45, 2.75) is 40.2 Å². The predicted molar refractivity (Wildman–Crippen MR) is 108 cm³/mol. The molecule has 4 rings (SSSR count). The first-order chi connectivity index (χ1) is 13.4. The van der Waals surface area contributed by atoms with Gasteiger partial charge in [-0.2, -0.15) is 0 Å². The molecule has 1 N–H and O–H groups in total. The second-order valence-electron chi connectivity index (χ2n) is 7.40. The van der Waals surface area contributed by atoms with Crippen LogP contribution in [0, 0.1) is 20.8 Å². The van der Waals surface area contributed by atoms with Gasteiger partial charge in [-0.1, -0.05) is 17.7 Å². The molecule has 1 saturated heterocycles. The molecule has 2 aromatic heterocycles. The van der Waals surface area contributed by atoms with E-state index in [0.717, 1.165) is 48.3 Å². The van der Waals surface area contributed by atoms with Gasteiger partial charge >= 0.3 is 5.69 Å². The third kappa shape index (κ3) is 3.26. The van der Waals surface area contributed by atoms with Gasteiger partial charge in [0.15, 0.2) is 5.82 Å². The molecule has 28 heavy (non-hydrogen) atoms. The lowest BCUT2D eigenvalue weighted by molar-refractivity contribution is -0.117. The molecule has 0 aliphatic carbocycles. The number of aromatic nitrogens is 4. The van der Waals surface area contributed by atoms with Crippen LogP contribution in [-0.4, -0.2) is 38.2 Å². The molecule has 0 spiro atoms. The monoisotopic (exact) mass is 380 g/mol. The predicted octanol–water partition coefficient (Wildman–Crippen LogP) is 2.06. The van der Waals surface area contributed by atoms with E-state index in [9.17, 15) is 9.59 Å². The van der Waals surface area contributed by atoms with Crippen LogP contribution in [0.25, 0.3) is 5.65 Å². The largest absolute Gasteiger partial charge is 0.353 e. The number of benzene rings is 1. The van der Waals surface area contributed by atoms with E-state index in [1.165, 1.54) is 9.08 Å². The summed E-state index contributed by atoms with van der Waals surface area (Å²) in [6.45, 7) is 7.60. The third-order valence-electron chi connectivity index (χ3n) is 5.12. The lowest BCUT2D eigenvalue weighted by atomic mass is 10.1. The lowest BCUT2D eigenvalue weighted by Crippen LogP contribution is -2.28. The third-order valence-corrected chi connectivity index (χ3v) is 5.12. The molecule has 0 bridgehead atoms. The van der Waals surface area contributed by atoms with Crippen LogP contribution >= 0.6 is 0 Å². The van der Waals surface area contributed by atoms with Crippen molar-refractivity contribution in [3.63, 3.8) is 0 Å². The highest BCUT2D eigenvalue weighted by atomic mass is 16.2. The number of nitrogens with zero attached hydrogens (tertiary/aromatic N) is 5. The molecule has 0 saturated carbocycles. The molecule has 3 heterocycles. The summed E-state index contributed by atoms with van der Waals surface area (Å²) >= 11 is 0. The van der Waals surface area contributed by atoms with Gasteiger partial charge in [0.2, 0.25) is 11.6 Å². The fourth-order valence-electron chi connectivity index (χ4n) is 3.88. The van der Waals surface area contributed by atoms with Crippen LogP contribution in [0.2, 0.25) is 0 Å². The molecule has 1 amide bonds. The second kappa shape index (κ2) is 7.10. The van der Waals surface area contributed by atoms with Crippen molar-refractivity contribution in [2.75, 3.05) is 23.3 Å². The topological polar surface area (TPSA) is 84.5 Å². The number of hydrogen-bond donors (Lipinski definition) is 1. The Kier molecular flexibility index (Phi) is 4.62. The smallest absolute Gasteiger partial charge is 0.350 e. The summed E-state index contributed by atoms with van der Waals surface area (Å²) < 4.78 is 2.65. The Bertz CT molecular complexity index is 1080. The van der Waals surface area contributed by atoms with Gasteiger partial charge in [-0.25, -0.2) is 18.9 Å². The highest BCUT2D eigenvalue weighted by Gasteiger charge is 2.20. The Balaban J connectivity index is 1.61. The fourth-order valence-corrected chi connectivity index (χ4v) is 3.88. The van der Waals surface area contributed by atoms with Gasteiger partial charge in [0.1, 0.15) is 6.54 Å². The molecule has 0 radical (unpaired) electrons. The van der Waals surface area contributed by atoms with Crippen molar-refractivity contribution in [2.24, 2.45) is 0 Å². The summed E-state index contributed by atoms with van der Waals surface area (Å²) in [6, 6.07) is 4.04. The Morgan fingerprint density at radius 2 is 1.82 bits per heavy atom. The molecular weight excluding hydrogens is 356 g/mol. The number of aryl methyl sites for hydroxylation is 3. The van der Waals surface area contributed by atoms with Gasteiger partial charge in [0.25, 0.3) is 0 Å². The summed E-state index contributed by atoms with van der Waals surface area (Å²) in [5.74, 6) is 0.415. The van der Waals surface area contributed by atoms with E-state index in [2.05, 4.69) is 20.3 Å². The average molecular weight is 380 g/mol. The number of anilines is 2. The molecule has 146 valence electrons. The van der Waals surface area contributed by atoms with Crippen molar-refractivity contribution < 1.29 is 4.79 Å². The van der Waals surface area contributed by atoms with Crippen molar-refractivity contribution in [3.8, 4) is 0 Å². The summed E-state index contributed by atoms with van der Waals surface area (Å²) in [6.07, 6.45) is 5.40. The van der Waals surface area contributed by atoms with E-state index >= 15 is 0 Å². The van der Waals surface area contributed by atoms with E-state index in [4.69, 9.17) is 0 Å². The normalized spacial score (nSPS) is 14.0. The maximum absolute atomic E-state index is 12.7. The van der Waals surface area contributed by atoms with Gasteiger partial charge in [0, 0.05) is 31.2 Å². The molecule has 1 fully saturated rings. The fraction of sp³-hybridized carbons (Fsp3) is 0.400. The minimum Gasteiger partial charge on any atom is -0.353 e. The summed E-state index contributed by atoms with van der Waals surface area (Å²) in [5.41, 5.74) is 4.07. The first-order valence-corrected chi connectivity index (χ1v) is 9.51. The highest BCUT2D eigenvalue weighted by Crippen LogP contribution is 2.22. The van der Waals surface area contributed by atoms with Crippen LogP contribution in [0.3, 0.4) is 0 Å². The van der Waals surface area contributed by atoms with Gasteiger partial charge < -0.3 is 10.2 Å². The maximum Gasteiger partial charge on any atom is 0.350 e. The molecular formula is C20H24N6O2. The van der Waals surface area contributed by atoms with E-state index < -0.39 is 0 Å². The molecule has 0 unspecified atom stereocenters. The second-order valence-corrected chi connectivity index (χ2v) is 7.40. The standard InChI is InChI=1S/C20H24N6O2/c1-13-10-14(2)17(15(3)11-13)22-16(27)12-26-20(28)25-9-6-21-18(19(25)23-26)24-7-4-5-8-24/h6,9-11H,4-5,7-8,12H2,1-3H3,(H,22,27). The number of hydrogen-bond acceptors (Lipinski definition) is 5. The minimum atomic E-state index is -0.342. The minimum absolute atomic E-state index is 0.146. The molecule has 8 nitrogen and oxygen atoms in total. The van der Waals surface area contributed by atoms with Gasteiger partial charge in [-0.15, -0.1) is 5.10 Å². The zero-order valence-electron chi connectivity index (χ0n) is 16.4. The van der Waals surface area contributed by atoms with Gasteiger partial charge in [0.05, 0.1) is 0 Å². The highest BCUT2D eigenvalue weighted by molar-refractivity contribution is 5.92. The lowest BCUT2D eigenvalue weighted by Gasteiger charge is -2.15. The van der Waals surface area contributed by atoms with Crippen LogP contribution in [-0.2, 0) is 11.3 Å². The van der Waals surface area contributed by atoms with Crippen LogP contribution in [0.4, 0.5) is 11.5 Å². The van der Waals surface area contributed by atoms with Crippen molar-refractivity contribution in [3.05, 3.63) is 51.7 Å². The van der Waals surface area contributed by atoms with E-state index in [1.54, 1.807) is 12.4 Å². The van der Waals surface area contributed by atoms with Crippen LogP contribution in [0.1, 0.15) is 29.5 Å². The SMILES string of the molecule is Cc1cc(C)c(NC(=O)Cn2nc3c(N4CCCC4)nccn3c2=O)c(C)c1.